The molecule has 1 N–H and O–H groups in total. The van der Waals surface area contributed by atoms with Crippen LogP contribution in [0.15, 0.2) is 84.2 Å². The molecule has 0 aliphatic carbocycles. The van der Waals surface area contributed by atoms with Gasteiger partial charge in [0.25, 0.3) is 0 Å². The highest BCUT2D eigenvalue weighted by atomic mass is 127. The molecule has 2 aliphatic rings. The van der Waals surface area contributed by atoms with Crippen molar-refractivity contribution < 1.29 is 28.1 Å². The van der Waals surface area contributed by atoms with Gasteiger partial charge in [-0.2, -0.15) is 5.10 Å². The van der Waals surface area contributed by atoms with Crippen LogP contribution in [0.4, 0.5) is 20.2 Å². The quantitative estimate of drug-likeness (QED) is 0.195. The van der Waals surface area contributed by atoms with E-state index >= 15 is 0 Å². The lowest BCUT2D eigenvalue weighted by molar-refractivity contribution is -0.192. The number of nitrogens with zero attached hydrogens (tertiary/aromatic N) is 8. The fourth-order valence-corrected chi connectivity index (χ4v) is 7.02. The highest BCUT2D eigenvalue weighted by Gasteiger charge is 2.46. The second-order valence-corrected chi connectivity index (χ2v) is 13.6. The summed E-state index contributed by atoms with van der Waals surface area (Å²) in [6, 6.07) is 18.6. The monoisotopic (exact) mass is 814 g/mol. The highest BCUT2D eigenvalue weighted by Crippen LogP contribution is 2.38. The Morgan fingerprint density at radius 1 is 0.980 bits per heavy atom. The van der Waals surface area contributed by atoms with Crippen molar-refractivity contribution in [2.24, 2.45) is 0 Å². The van der Waals surface area contributed by atoms with E-state index in [1.165, 1.54) is 34.2 Å². The minimum atomic E-state index is -1.52. The van der Waals surface area contributed by atoms with Gasteiger partial charge in [0.1, 0.15) is 49.3 Å². The van der Waals surface area contributed by atoms with Gasteiger partial charge in [-0.1, -0.05) is 0 Å². The Labute approximate surface area is 306 Å². The van der Waals surface area contributed by atoms with Gasteiger partial charge >= 0.3 is 5.69 Å². The SMILES string of the molecule is CC(O)C(C)n1nc(I)n(-c2ccc(N3CCN(c4ccc(OCC5COC(Cn6cncn6)(c6ccc(F)cc6F)O5)cc4)CC3)cc2)c1=O. The molecule has 13 nitrogen and oxygen atoms in total. The average Bonchev–Trinajstić information content (AvgIpc) is 3.87. The van der Waals surface area contributed by atoms with Gasteiger partial charge in [-0.25, -0.2) is 32.5 Å². The zero-order valence-electron chi connectivity index (χ0n) is 28.0. The Morgan fingerprint density at radius 2 is 1.63 bits per heavy atom. The van der Waals surface area contributed by atoms with E-state index in [9.17, 15) is 18.7 Å². The minimum absolute atomic E-state index is 0.0253. The predicted molar refractivity (Wildman–Crippen MR) is 192 cm³/mol. The van der Waals surface area contributed by atoms with Crippen LogP contribution in [0.5, 0.6) is 5.75 Å². The predicted octanol–water partition coefficient (Wildman–Crippen LogP) is 4.12. The minimum Gasteiger partial charge on any atom is -0.491 e. The maximum atomic E-state index is 14.9. The Balaban J connectivity index is 0.931. The van der Waals surface area contributed by atoms with E-state index in [1.807, 2.05) is 71.1 Å². The third kappa shape index (κ3) is 7.35. The van der Waals surface area contributed by atoms with Crippen LogP contribution in [0.3, 0.4) is 0 Å². The van der Waals surface area contributed by atoms with Crippen LogP contribution in [-0.2, 0) is 21.8 Å². The summed E-state index contributed by atoms with van der Waals surface area (Å²) in [4.78, 5) is 21.6. The molecule has 2 aliphatic heterocycles. The molecule has 3 aromatic carbocycles. The summed E-state index contributed by atoms with van der Waals surface area (Å²) in [6.07, 6.45) is 1.62. The van der Waals surface area contributed by atoms with Gasteiger partial charge in [0.05, 0.1) is 24.4 Å². The first-order valence-corrected chi connectivity index (χ1v) is 17.7. The van der Waals surface area contributed by atoms with Gasteiger partial charge in [-0.3, -0.25) is 0 Å². The molecule has 0 bridgehead atoms. The molecule has 0 saturated carbocycles. The van der Waals surface area contributed by atoms with Crippen molar-refractivity contribution in [3.05, 3.63) is 111 Å². The molecule has 0 spiro atoms. The lowest BCUT2D eigenvalue weighted by Crippen LogP contribution is -2.46. The first-order valence-electron chi connectivity index (χ1n) is 16.6. The van der Waals surface area contributed by atoms with Crippen LogP contribution in [0.25, 0.3) is 5.69 Å². The van der Waals surface area contributed by atoms with E-state index in [0.29, 0.717) is 9.58 Å². The Kier molecular flexibility index (Phi) is 10.1. The molecule has 16 heteroatoms. The molecule has 0 amide bonds. The molecule has 0 radical (unpaired) electrons. The first kappa shape index (κ1) is 35.0. The second kappa shape index (κ2) is 14.7. The van der Waals surface area contributed by atoms with E-state index < -0.39 is 35.7 Å². The molecule has 2 saturated heterocycles. The summed E-state index contributed by atoms with van der Waals surface area (Å²) in [7, 11) is 0. The number of aliphatic hydroxyl groups excluding tert-OH is 1. The number of aromatic nitrogens is 6. The lowest BCUT2D eigenvalue weighted by atomic mass is 10.0. The fraction of sp³-hybridized carbons (Fsp3) is 0.371. The van der Waals surface area contributed by atoms with E-state index in [2.05, 4.69) is 25.0 Å². The maximum Gasteiger partial charge on any atom is 0.351 e. The summed E-state index contributed by atoms with van der Waals surface area (Å²) < 4.78 is 51.7. The zero-order valence-corrected chi connectivity index (χ0v) is 30.1. The molecule has 7 rings (SSSR count). The second-order valence-electron chi connectivity index (χ2n) is 12.6. The van der Waals surface area contributed by atoms with Gasteiger partial charge in [-0.15, -0.1) is 5.10 Å². The Hall–Kier alpha value is -4.39. The topological polar surface area (TPSA) is 125 Å². The van der Waals surface area contributed by atoms with Gasteiger partial charge in [0.2, 0.25) is 5.79 Å². The van der Waals surface area contributed by atoms with Crippen LogP contribution in [0, 0.1) is 15.5 Å². The summed E-state index contributed by atoms with van der Waals surface area (Å²) in [5.74, 6) is -2.33. The van der Waals surface area contributed by atoms with Crippen LogP contribution in [0.2, 0.25) is 0 Å². The third-order valence-electron chi connectivity index (χ3n) is 9.27. The van der Waals surface area contributed by atoms with Crippen LogP contribution in [-0.4, -0.2) is 85.8 Å². The number of hydrogen-bond donors (Lipinski definition) is 1. The van der Waals surface area contributed by atoms with Crippen LogP contribution < -0.4 is 20.2 Å². The molecular weight excluding hydrogens is 777 g/mol. The molecule has 51 heavy (non-hydrogen) atoms. The standard InChI is InChI=1S/C35H37F2IN8O5/c1-23(24(2)47)46-34(48)45(33(38)41-46)28-6-4-26(5-7-28)42-13-15-43(16-14-42)27-8-10-29(11-9-27)49-18-30-19-50-35(51-30,20-44-22-39-21-40-44)31-12-3-25(36)17-32(31)37/h3-12,17,21-24,30,47H,13-16,18-20H2,1-2H3. The average molecular weight is 815 g/mol. The maximum absolute atomic E-state index is 14.9. The van der Waals surface area contributed by atoms with Crippen molar-refractivity contribution in [3.8, 4) is 11.4 Å². The largest absolute Gasteiger partial charge is 0.491 e. The summed E-state index contributed by atoms with van der Waals surface area (Å²) >= 11 is 2.04. The number of halogens is 3. The molecule has 2 aromatic heterocycles. The van der Waals surface area contributed by atoms with E-state index in [4.69, 9.17) is 14.2 Å². The molecule has 2 fully saturated rings. The van der Waals surface area contributed by atoms with Gasteiger partial charge in [0.15, 0.2) is 3.83 Å². The molecule has 268 valence electrons. The van der Waals surface area contributed by atoms with E-state index in [1.54, 1.807) is 18.4 Å². The molecule has 4 atom stereocenters. The summed E-state index contributed by atoms with van der Waals surface area (Å²) in [5.41, 5.74) is 2.65. The van der Waals surface area contributed by atoms with Crippen LogP contribution >= 0.6 is 22.6 Å². The Bertz CT molecular complexity index is 2000. The number of anilines is 2. The normalized spacial score (nSPS) is 20.5. The number of ether oxygens (including phenoxy) is 3. The smallest absolute Gasteiger partial charge is 0.351 e. The van der Waals surface area contributed by atoms with E-state index in [0.717, 1.165) is 49.3 Å². The van der Waals surface area contributed by atoms with Crippen molar-refractivity contribution in [1.29, 1.82) is 0 Å². The van der Waals surface area contributed by atoms with Crippen molar-refractivity contribution in [2.45, 2.75) is 44.4 Å². The zero-order chi connectivity index (χ0) is 35.7. The highest BCUT2D eigenvalue weighted by molar-refractivity contribution is 14.1. The number of hydrogen-bond acceptors (Lipinski definition) is 10. The lowest BCUT2D eigenvalue weighted by Gasteiger charge is -2.37. The van der Waals surface area contributed by atoms with Gasteiger partial charge in [-0.05, 0) is 74.5 Å². The molecule has 5 aromatic rings. The van der Waals surface area contributed by atoms with Gasteiger partial charge < -0.3 is 29.1 Å². The summed E-state index contributed by atoms with van der Waals surface area (Å²) in [5, 5.41) is 18.4. The van der Waals surface area contributed by atoms with Crippen molar-refractivity contribution in [3.63, 3.8) is 0 Å². The number of rotatable bonds is 11. The number of aliphatic hydroxyl groups is 1. The van der Waals surface area contributed by atoms with Crippen molar-refractivity contribution >= 4 is 34.0 Å². The van der Waals surface area contributed by atoms with E-state index in [-0.39, 0.29) is 31.0 Å². The molecular formula is C35H37F2IN8O5. The van der Waals surface area contributed by atoms with Gasteiger partial charge in [0, 0.05) is 71.8 Å². The number of piperazine rings is 1. The number of benzene rings is 3. The summed E-state index contributed by atoms with van der Waals surface area (Å²) in [6.45, 7) is 7.03. The Morgan fingerprint density at radius 3 is 2.24 bits per heavy atom. The molecule has 4 unspecified atom stereocenters. The van der Waals surface area contributed by atoms with Crippen molar-refractivity contribution in [2.75, 3.05) is 49.2 Å². The fourth-order valence-electron chi connectivity index (χ4n) is 6.30. The first-order chi connectivity index (χ1) is 24.6. The third-order valence-corrected chi connectivity index (χ3v) is 9.97. The van der Waals surface area contributed by atoms with Crippen molar-refractivity contribution in [1.82, 2.24) is 29.1 Å². The van der Waals surface area contributed by atoms with Crippen LogP contribution in [0.1, 0.15) is 25.5 Å². The molecule has 4 heterocycles.